The van der Waals surface area contributed by atoms with Crippen LogP contribution in [-0.4, -0.2) is 30.5 Å². The van der Waals surface area contributed by atoms with Crippen molar-refractivity contribution in [1.82, 2.24) is 5.32 Å². The molecule has 0 radical (unpaired) electrons. The summed E-state index contributed by atoms with van der Waals surface area (Å²) in [7, 11) is 0. The molecule has 1 saturated heterocycles. The summed E-state index contributed by atoms with van der Waals surface area (Å²) in [5, 5.41) is 13.8. The third-order valence-electron chi connectivity index (χ3n) is 3.68. The largest absolute Gasteiger partial charge is 0.467 e. The van der Waals surface area contributed by atoms with Crippen LogP contribution in [-0.2, 0) is 4.74 Å². The number of benzene rings is 1. The van der Waals surface area contributed by atoms with Crippen molar-refractivity contribution >= 4 is 0 Å². The topological polar surface area (TPSA) is 54.6 Å². The second-order valence-corrected chi connectivity index (χ2v) is 5.27. The first-order valence-corrected chi connectivity index (χ1v) is 6.89. The highest BCUT2D eigenvalue weighted by atomic mass is 16.5. The monoisotopic (exact) mass is 273 g/mol. The average molecular weight is 273 g/mol. The van der Waals surface area contributed by atoms with Crippen molar-refractivity contribution in [2.24, 2.45) is 0 Å². The van der Waals surface area contributed by atoms with Crippen molar-refractivity contribution in [1.29, 1.82) is 0 Å². The first-order valence-electron chi connectivity index (χ1n) is 6.89. The molecule has 0 saturated carbocycles. The number of nitrogens with one attached hydrogen (secondary N) is 1. The number of hydrogen-bond acceptors (Lipinski definition) is 4. The summed E-state index contributed by atoms with van der Waals surface area (Å²) >= 11 is 0. The molecule has 1 aromatic heterocycles. The summed E-state index contributed by atoms with van der Waals surface area (Å²) < 4.78 is 10.8. The lowest BCUT2D eigenvalue weighted by atomic mass is 10.0. The fraction of sp³-hybridized carbons (Fsp3) is 0.375. The molecule has 2 aromatic rings. The molecule has 0 amide bonds. The quantitative estimate of drug-likeness (QED) is 0.876. The van der Waals surface area contributed by atoms with Crippen molar-refractivity contribution in [3.63, 3.8) is 0 Å². The SMILES string of the molecule is OC1(CNC(c2ccccc2)c2ccco2)CCOC1. The molecule has 0 spiro atoms. The molecule has 2 heterocycles. The Bertz CT molecular complexity index is 518. The number of hydrogen-bond donors (Lipinski definition) is 2. The fourth-order valence-electron chi connectivity index (χ4n) is 2.51. The highest BCUT2D eigenvalue weighted by molar-refractivity contribution is 5.26. The van der Waals surface area contributed by atoms with E-state index in [-0.39, 0.29) is 6.04 Å². The zero-order valence-corrected chi connectivity index (χ0v) is 11.3. The van der Waals surface area contributed by atoms with Gasteiger partial charge in [-0.05, 0) is 17.7 Å². The van der Waals surface area contributed by atoms with E-state index in [4.69, 9.17) is 9.15 Å². The van der Waals surface area contributed by atoms with Crippen LogP contribution in [0.5, 0.6) is 0 Å². The van der Waals surface area contributed by atoms with E-state index >= 15 is 0 Å². The smallest absolute Gasteiger partial charge is 0.125 e. The Morgan fingerprint density at radius 1 is 1.20 bits per heavy atom. The molecule has 2 N–H and O–H groups in total. The Hall–Kier alpha value is -1.62. The van der Waals surface area contributed by atoms with Gasteiger partial charge in [0.25, 0.3) is 0 Å². The maximum Gasteiger partial charge on any atom is 0.125 e. The molecule has 2 atom stereocenters. The second-order valence-electron chi connectivity index (χ2n) is 5.27. The van der Waals surface area contributed by atoms with Gasteiger partial charge in [0.15, 0.2) is 0 Å². The van der Waals surface area contributed by atoms with Gasteiger partial charge in [0.1, 0.15) is 11.4 Å². The molecule has 106 valence electrons. The number of furan rings is 1. The van der Waals surface area contributed by atoms with Crippen LogP contribution < -0.4 is 5.32 Å². The first kappa shape index (κ1) is 13.4. The maximum atomic E-state index is 10.4. The van der Waals surface area contributed by atoms with E-state index in [0.29, 0.717) is 26.2 Å². The predicted molar refractivity (Wildman–Crippen MR) is 75.4 cm³/mol. The van der Waals surface area contributed by atoms with Crippen molar-refractivity contribution in [3.05, 3.63) is 60.1 Å². The molecule has 1 aliphatic heterocycles. The van der Waals surface area contributed by atoms with Crippen LogP contribution >= 0.6 is 0 Å². The summed E-state index contributed by atoms with van der Waals surface area (Å²) in [6, 6.07) is 13.9. The molecule has 0 bridgehead atoms. The van der Waals surface area contributed by atoms with Crippen LogP contribution in [0.25, 0.3) is 0 Å². The molecular formula is C16H19NO3. The predicted octanol–water partition coefficient (Wildman–Crippen LogP) is 2.11. The van der Waals surface area contributed by atoms with Crippen LogP contribution in [0.1, 0.15) is 23.8 Å². The highest BCUT2D eigenvalue weighted by Crippen LogP contribution is 2.24. The van der Waals surface area contributed by atoms with Gasteiger partial charge in [0.05, 0.1) is 18.9 Å². The van der Waals surface area contributed by atoms with Crippen molar-refractivity contribution in [2.75, 3.05) is 19.8 Å². The van der Waals surface area contributed by atoms with Crippen LogP contribution in [0, 0.1) is 0 Å². The van der Waals surface area contributed by atoms with Gasteiger partial charge in [0.2, 0.25) is 0 Å². The van der Waals surface area contributed by atoms with E-state index in [0.717, 1.165) is 11.3 Å². The standard InChI is InChI=1S/C16H19NO3/c18-16(8-10-19-12-16)11-17-15(14-7-4-9-20-14)13-5-2-1-3-6-13/h1-7,9,15,17-18H,8,10-12H2. The van der Waals surface area contributed by atoms with E-state index in [1.165, 1.54) is 0 Å². The van der Waals surface area contributed by atoms with Crippen molar-refractivity contribution in [2.45, 2.75) is 18.1 Å². The third kappa shape index (κ3) is 2.93. The number of rotatable bonds is 5. The van der Waals surface area contributed by atoms with Crippen molar-refractivity contribution < 1.29 is 14.3 Å². The van der Waals surface area contributed by atoms with E-state index < -0.39 is 5.60 Å². The molecular weight excluding hydrogens is 254 g/mol. The lowest BCUT2D eigenvalue weighted by Gasteiger charge is -2.25. The van der Waals surface area contributed by atoms with Gasteiger partial charge >= 0.3 is 0 Å². The van der Waals surface area contributed by atoms with Crippen LogP contribution in [0.3, 0.4) is 0 Å². The lowest BCUT2D eigenvalue weighted by molar-refractivity contribution is 0.0252. The molecule has 0 aliphatic carbocycles. The minimum Gasteiger partial charge on any atom is -0.467 e. The zero-order chi connectivity index (χ0) is 13.8. The highest BCUT2D eigenvalue weighted by Gasteiger charge is 2.33. The summed E-state index contributed by atoms with van der Waals surface area (Å²) in [5.41, 5.74) is 0.338. The van der Waals surface area contributed by atoms with Crippen LogP contribution in [0.2, 0.25) is 0 Å². The summed E-state index contributed by atoms with van der Waals surface area (Å²) in [5.74, 6) is 0.846. The molecule has 3 rings (SSSR count). The van der Waals surface area contributed by atoms with Gasteiger partial charge in [0, 0.05) is 19.6 Å². The van der Waals surface area contributed by atoms with E-state index in [1.807, 2.05) is 30.3 Å². The normalized spacial score (nSPS) is 23.9. The van der Waals surface area contributed by atoms with Crippen LogP contribution in [0.15, 0.2) is 53.1 Å². The minimum atomic E-state index is -0.778. The van der Waals surface area contributed by atoms with Gasteiger partial charge in [-0.15, -0.1) is 0 Å². The first-order chi connectivity index (χ1) is 9.77. The third-order valence-corrected chi connectivity index (χ3v) is 3.68. The van der Waals surface area contributed by atoms with Gasteiger partial charge in [-0.1, -0.05) is 30.3 Å². The summed E-state index contributed by atoms with van der Waals surface area (Å²) in [6.07, 6.45) is 2.33. The Balaban J connectivity index is 1.76. The molecule has 1 aromatic carbocycles. The zero-order valence-electron chi connectivity index (χ0n) is 11.3. The van der Waals surface area contributed by atoms with E-state index in [1.54, 1.807) is 6.26 Å². The Morgan fingerprint density at radius 3 is 2.70 bits per heavy atom. The minimum absolute atomic E-state index is 0.0594. The van der Waals surface area contributed by atoms with E-state index in [2.05, 4.69) is 17.4 Å². The molecule has 1 aliphatic rings. The molecule has 4 nitrogen and oxygen atoms in total. The Morgan fingerprint density at radius 2 is 2.05 bits per heavy atom. The summed E-state index contributed by atoms with van der Waals surface area (Å²) in [6.45, 7) is 1.49. The summed E-state index contributed by atoms with van der Waals surface area (Å²) in [4.78, 5) is 0. The second kappa shape index (κ2) is 5.79. The van der Waals surface area contributed by atoms with Gasteiger partial charge in [-0.25, -0.2) is 0 Å². The molecule has 20 heavy (non-hydrogen) atoms. The maximum absolute atomic E-state index is 10.4. The Labute approximate surface area is 118 Å². The number of ether oxygens (including phenoxy) is 1. The van der Waals surface area contributed by atoms with E-state index in [9.17, 15) is 5.11 Å². The molecule has 4 heteroatoms. The Kier molecular flexibility index (Phi) is 3.87. The van der Waals surface area contributed by atoms with Gasteiger partial charge in [-0.2, -0.15) is 0 Å². The van der Waals surface area contributed by atoms with Gasteiger partial charge < -0.3 is 19.6 Å². The molecule has 2 unspecified atom stereocenters. The lowest BCUT2D eigenvalue weighted by Crippen LogP contribution is -2.42. The molecule has 1 fully saturated rings. The fourth-order valence-corrected chi connectivity index (χ4v) is 2.51. The van der Waals surface area contributed by atoms with Crippen LogP contribution in [0.4, 0.5) is 0 Å². The number of aliphatic hydroxyl groups is 1. The van der Waals surface area contributed by atoms with Crippen molar-refractivity contribution in [3.8, 4) is 0 Å². The van der Waals surface area contributed by atoms with Gasteiger partial charge in [-0.3, -0.25) is 0 Å². The average Bonchev–Trinajstić information content (AvgIpc) is 3.13.